The van der Waals surface area contributed by atoms with Crippen LogP contribution >= 0.6 is 0 Å². The maximum absolute atomic E-state index is 4.81. The van der Waals surface area contributed by atoms with Gasteiger partial charge in [0.2, 0.25) is 5.88 Å². The van der Waals surface area contributed by atoms with Crippen molar-refractivity contribution in [2.24, 2.45) is 0 Å². The van der Waals surface area contributed by atoms with Crippen LogP contribution in [-0.2, 0) is 0 Å². The minimum Gasteiger partial charge on any atom is -0.342 e. The maximum Gasteiger partial charge on any atom is 0.247 e. The average Bonchev–Trinajstić information content (AvgIpc) is 2.38. The minimum atomic E-state index is 0.724. The molecule has 0 spiro atoms. The predicted molar refractivity (Wildman–Crippen MR) is 37.9 cm³/mol. The topological polar surface area (TPSA) is 42.2 Å². The first-order valence-corrected chi connectivity index (χ1v) is 3.33. The molecule has 0 bridgehead atoms. The van der Waals surface area contributed by atoms with Crippen molar-refractivity contribution in [1.82, 2.24) is 10.4 Å². The van der Waals surface area contributed by atoms with Gasteiger partial charge in [0.05, 0.1) is 0 Å². The van der Waals surface area contributed by atoms with Crippen molar-refractivity contribution in [3.63, 3.8) is 0 Å². The fourth-order valence-electron chi connectivity index (χ4n) is 0.776. The molecule has 0 atom stereocenters. The number of anilines is 1. The summed E-state index contributed by atoms with van der Waals surface area (Å²) in [6.07, 6.45) is 2.70. The van der Waals surface area contributed by atoms with Gasteiger partial charge in [0.25, 0.3) is 0 Å². The second kappa shape index (κ2) is 3.20. The molecule has 0 aromatic carbocycles. The van der Waals surface area contributed by atoms with Gasteiger partial charge in [-0.1, -0.05) is 6.92 Å². The van der Waals surface area contributed by atoms with Crippen LogP contribution in [0.2, 0.25) is 0 Å². The van der Waals surface area contributed by atoms with E-state index in [1.807, 2.05) is 11.9 Å². The van der Waals surface area contributed by atoms with Crippen LogP contribution in [0.4, 0.5) is 5.88 Å². The molecule has 1 rings (SSSR count). The van der Waals surface area contributed by atoms with Crippen LogP contribution in [0.15, 0.2) is 10.7 Å². The molecule has 1 aromatic heterocycles. The van der Waals surface area contributed by atoms with Crippen LogP contribution in [0.3, 0.4) is 0 Å². The molecule has 0 aliphatic carbocycles. The Morgan fingerprint density at radius 2 is 2.50 bits per heavy atom. The third-order valence-electron chi connectivity index (χ3n) is 1.28. The number of aromatic nitrogens is 2. The summed E-state index contributed by atoms with van der Waals surface area (Å²) in [5.41, 5.74) is 0. The second-order valence-electron chi connectivity index (χ2n) is 2.18. The van der Waals surface area contributed by atoms with Gasteiger partial charge in [0, 0.05) is 18.9 Å². The van der Waals surface area contributed by atoms with Crippen LogP contribution in [0.25, 0.3) is 0 Å². The number of hydrogen-bond donors (Lipinski definition) is 0. The zero-order valence-corrected chi connectivity index (χ0v) is 6.24. The van der Waals surface area contributed by atoms with E-state index in [1.54, 1.807) is 6.20 Å². The fraction of sp³-hybridized carbons (Fsp3) is 0.667. The molecule has 0 saturated carbocycles. The van der Waals surface area contributed by atoms with Gasteiger partial charge >= 0.3 is 0 Å². The molecule has 0 aliphatic heterocycles. The summed E-state index contributed by atoms with van der Waals surface area (Å²) >= 11 is 0. The monoisotopic (exact) mass is 141 g/mol. The molecule has 0 amide bonds. The van der Waals surface area contributed by atoms with E-state index >= 15 is 0 Å². The van der Waals surface area contributed by atoms with Crippen LogP contribution in [-0.4, -0.2) is 24.0 Å². The lowest BCUT2D eigenvalue weighted by molar-refractivity contribution is 0.394. The van der Waals surface area contributed by atoms with Crippen molar-refractivity contribution in [3.05, 3.63) is 6.20 Å². The van der Waals surface area contributed by atoms with Crippen LogP contribution < -0.4 is 4.90 Å². The fourth-order valence-corrected chi connectivity index (χ4v) is 0.776. The molecule has 4 nitrogen and oxygen atoms in total. The van der Waals surface area contributed by atoms with E-state index in [9.17, 15) is 0 Å². The normalized spacial score (nSPS) is 9.80. The van der Waals surface area contributed by atoms with Crippen LogP contribution in [0.1, 0.15) is 13.3 Å². The molecular weight excluding hydrogens is 130 g/mol. The largest absolute Gasteiger partial charge is 0.342 e. The van der Waals surface area contributed by atoms with Crippen molar-refractivity contribution in [1.29, 1.82) is 0 Å². The Morgan fingerprint density at radius 3 is 3.00 bits per heavy atom. The zero-order chi connectivity index (χ0) is 7.40. The Balaban J connectivity index is 2.50. The first-order chi connectivity index (χ1) is 4.84. The first kappa shape index (κ1) is 7.05. The standard InChI is InChI=1S/C6H11N3O/c1-3-4-9(2)6-5-7-8-10-6/h5H,3-4H2,1-2H3. The van der Waals surface area contributed by atoms with E-state index < -0.39 is 0 Å². The first-order valence-electron chi connectivity index (χ1n) is 3.33. The Bertz CT molecular complexity index is 173. The minimum absolute atomic E-state index is 0.724. The van der Waals surface area contributed by atoms with E-state index in [4.69, 9.17) is 4.52 Å². The molecule has 0 unspecified atom stereocenters. The van der Waals surface area contributed by atoms with Gasteiger partial charge in [0.1, 0.15) is 6.20 Å². The molecule has 0 aliphatic rings. The van der Waals surface area contributed by atoms with E-state index in [2.05, 4.69) is 17.3 Å². The summed E-state index contributed by atoms with van der Waals surface area (Å²) in [4.78, 5) is 1.97. The molecule has 10 heavy (non-hydrogen) atoms. The molecule has 56 valence electrons. The lowest BCUT2D eigenvalue weighted by atomic mass is 10.4. The highest BCUT2D eigenvalue weighted by Gasteiger charge is 2.01. The number of nitrogens with zero attached hydrogens (tertiary/aromatic N) is 3. The van der Waals surface area contributed by atoms with Crippen LogP contribution in [0, 0.1) is 0 Å². The molecule has 4 heteroatoms. The zero-order valence-electron chi connectivity index (χ0n) is 6.24. The van der Waals surface area contributed by atoms with Crippen molar-refractivity contribution in [2.75, 3.05) is 18.5 Å². The lowest BCUT2D eigenvalue weighted by Crippen LogP contribution is -2.16. The van der Waals surface area contributed by atoms with Crippen molar-refractivity contribution in [2.45, 2.75) is 13.3 Å². The van der Waals surface area contributed by atoms with Crippen LogP contribution in [0.5, 0.6) is 0 Å². The molecule has 0 N–H and O–H groups in total. The molecular formula is C6H11N3O. The summed E-state index contributed by atoms with van der Waals surface area (Å²) < 4.78 is 4.81. The van der Waals surface area contributed by atoms with Crippen molar-refractivity contribution in [3.8, 4) is 0 Å². The third-order valence-corrected chi connectivity index (χ3v) is 1.28. The molecule has 1 heterocycles. The molecule has 0 saturated heterocycles. The molecule has 1 aromatic rings. The highest BCUT2D eigenvalue weighted by molar-refractivity contribution is 5.28. The highest BCUT2D eigenvalue weighted by atomic mass is 16.5. The Kier molecular flexibility index (Phi) is 2.25. The number of rotatable bonds is 3. The average molecular weight is 141 g/mol. The van der Waals surface area contributed by atoms with Gasteiger partial charge in [-0.05, 0) is 6.42 Å². The molecule has 0 radical (unpaired) electrons. The smallest absolute Gasteiger partial charge is 0.247 e. The van der Waals surface area contributed by atoms with Gasteiger partial charge in [-0.15, -0.1) is 5.10 Å². The van der Waals surface area contributed by atoms with E-state index in [0.29, 0.717) is 0 Å². The number of hydrogen-bond acceptors (Lipinski definition) is 4. The summed E-state index contributed by atoms with van der Waals surface area (Å²) in [6, 6.07) is 0. The predicted octanol–water partition coefficient (Wildman–Crippen LogP) is 0.916. The van der Waals surface area contributed by atoms with E-state index in [0.717, 1.165) is 18.8 Å². The van der Waals surface area contributed by atoms with Crippen molar-refractivity contribution < 1.29 is 4.52 Å². The quantitative estimate of drug-likeness (QED) is 0.627. The van der Waals surface area contributed by atoms with Crippen molar-refractivity contribution >= 4 is 5.88 Å². The highest BCUT2D eigenvalue weighted by Crippen LogP contribution is 2.07. The SMILES string of the molecule is CCCN(C)c1cnno1. The van der Waals surface area contributed by atoms with E-state index in [1.165, 1.54) is 0 Å². The summed E-state index contributed by atoms with van der Waals surface area (Å²) in [5, 5.41) is 6.93. The Hall–Kier alpha value is -1.06. The second-order valence-corrected chi connectivity index (χ2v) is 2.18. The summed E-state index contributed by atoms with van der Waals surface area (Å²) in [6.45, 7) is 3.08. The lowest BCUT2D eigenvalue weighted by Gasteiger charge is -2.11. The van der Waals surface area contributed by atoms with Gasteiger partial charge < -0.3 is 9.42 Å². The van der Waals surface area contributed by atoms with Gasteiger partial charge in [-0.25, -0.2) is 0 Å². The molecule has 0 fully saturated rings. The summed E-state index contributed by atoms with van der Waals surface area (Å²) in [5.74, 6) is 0.724. The summed E-state index contributed by atoms with van der Waals surface area (Å²) in [7, 11) is 1.95. The Morgan fingerprint density at radius 1 is 1.70 bits per heavy atom. The van der Waals surface area contributed by atoms with Gasteiger partial charge in [-0.2, -0.15) is 0 Å². The van der Waals surface area contributed by atoms with Gasteiger partial charge in [-0.3, -0.25) is 0 Å². The third kappa shape index (κ3) is 1.46. The maximum atomic E-state index is 4.81. The van der Waals surface area contributed by atoms with E-state index in [-0.39, 0.29) is 0 Å². The Labute approximate surface area is 59.8 Å². The van der Waals surface area contributed by atoms with Gasteiger partial charge in [0.15, 0.2) is 0 Å².